The van der Waals surface area contributed by atoms with Crippen molar-refractivity contribution in [2.75, 3.05) is 0 Å². The first-order chi connectivity index (χ1) is 7.37. The molecule has 0 saturated heterocycles. The summed E-state index contributed by atoms with van der Waals surface area (Å²) in [6.45, 7) is 9.00. The summed E-state index contributed by atoms with van der Waals surface area (Å²) in [5, 5.41) is 10.7. The van der Waals surface area contributed by atoms with Gasteiger partial charge < -0.3 is 5.11 Å². The Morgan fingerprint density at radius 1 is 1.31 bits per heavy atom. The fourth-order valence-corrected chi connectivity index (χ4v) is 3.68. The monoisotopic (exact) mass is 222 g/mol. The van der Waals surface area contributed by atoms with Crippen molar-refractivity contribution in [2.45, 2.75) is 65.4 Å². The van der Waals surface area contributed by atoms with Crippen molar-refractivity contribution in [3.05, 3.63) is 11.6 Å². The topological polar surface area (TPSA) is 20.2 Å². The molecule has 1 saturated carbocycles. The van der Waals surface area contributed by atoms with E-state index in [-0.39, 0.29) is 0 Å². The maximum atomic E-state index is 10.7. The highest BCUT2D eigenvalue weighted by atomic mass is 16.3. The molecule has 2 rings (SSSR count). The van der Waals surface area contributed by atoms with Crippen LogP contribution in [0.15, 0.2) is 11.6 Å². The molecule has 0 unspecified atom stereocenters. The molecule has 1 nitrogen and oxygen atoms in total. The van der Waals surface area contributed by atoms with Gasteiger partial charge in [-0.2, -0.15) is 0 Å². The first kappa shape index (κ1) is 12.2. The van der Waals surface area contributed by atoms with E-state index in [1.54, 1.807) is 0 Å². The van der Waals surface area contributed by atoms with Crippen LogP contribution in [0.4, 0.5) is 0 Å². The predicted octanol–water partition coefficient (Wildman–Crippen LogP) is 3.92. The van der Waals surface area contributed by atoms with Crippen LogP contribution >= 0.6 is 0 Å². The average Bonchev–Trinajstić information content (AvgIpc) is 2.21. The van der Waals surface area contributed by atoms with E-state index in [0.717, 1.165) is 12.8 Å². The summed E-state index contributed by atoms with van der Waals surface area (Å²) in [5.74, 6) is 0.995. The Kier molecular flexibility index (Phi) is 2.94. The van der Waals surface area contributed by atoms with Gasteiger partial charge in [-0.15, -0.1) is 0 Å². The lowest BCUT2D eigenvalue weighted by Gasteiger charge is -2.52. The molecule has 1 fully saturated rings. The molecule has 16 heavy (non-hydrogen) atoms. The molecule has 0 aliphatic heterocycles. The van der Waals surface area contributed by atoms with Crippen LogP contribution in [0.1, 0.15) is 59.8 Å². The summed E-state index contributed by atoms with van der Waals surface area (Å²) in [6.07, 6.45) is 8.09. The molecule has 2 aliphatic carbocycles. The second-order valence-electron chi connectivity index (χ2n) is 6.66. The van der Waals surface area contributed by atoms with E-state index < -0.39 is 5.60 Å². The maximum Gasteiger partial charge on any atom is 0.0676 e. The Hall–Kier alpha value is -0.300. The van der Waals surface area contributed by atoms with Gasteiger partial charge in [-0.3, -0.25) is 0 Å². The molecule has 0 bridgehead atoms. The first-order valence-corrected chi connectivity index (χ1v) is 6.76. The van der Waals surface area contributed by atoms with E-state index in [1.165, 1.54) is 24.8 Å². The van der Waals surface area contributed by atoms with E-state index in [2.05, 4.69) is 33.8 Å². The van der Waals surface area contributed by atoms with Gasteiger partial charge in [-0.05, 0) is 56.3 Å². The highest BCUT2D eigenvalue weighted by Crippen LogP contribution is 2.54. The predicted molar refractivity (Wildman–Crippen MR) is 68.2 cm³/mol. The van der Waals surface area contributed by atoms with Crippen molar-refractivity contribution in [3.63, 3.8) is 0 Å². The zero-order chi connectivity index (χ0) is 12.0. The third-order valence-corrected chi connectivity index (χ3v) is 5.33. The quantitative estimate of drug-likeness (QED) is 0.667. The molecular weight excluding hydrogens is 196 g/mol. The van der Waals surface area contributed by atoms with E-state index in [1.807, 2.05) is 0 Å². The molecule has 0 aromatic rings. The number of hydrogen-bond donors (Lipinski definition) is 1. The summed E-state index contributed by atoms with van der Waals surface area (Å²) in [6, 6.07) is 0. The first-order valence-electron chi connectivity index (χ1n) is 6.76. The van der Waals surface area contributed by atoms with Crippen LogP contribution < -0.4 is 0 Å². The molecule has 1 N–H and O–H groups in total. The van der Waals surface area contributed by atoms with Crippen LogP contribution in [0.3, 0.4) is 0 Å². The van der Waals surface area contributed by atoms with Gasteiger partial charge in [0.05, 0.1) is 5.60 Å². The Morgan fingerprint density at radius 3 is 2.62 bits per heavy atom. The minimum absolute atomic E-state index is 0.381. The van der Waals surface area contributed by atoms with Crippen LogP contribution in [0.5, 0.6) is 0 Å². The molecule has 0 aromatic heterocycles. The van der Waals surface area contributed by atoms with Crippen molar-refractivity contribution in [3.8, 4) is 0 Å². The van der Waals surface area contributed by atoms with Gasteiger partial charge in [-0.25, -0.2) is 0 Å². The molecule has 0 aromatic carbocycles. The standard InChI is InChI=1S/C15H26O/c1-11(2)15(16)9-8-14(4)7-5-6-12(3)13(14)10-15/h6,11,13,16H,5,7-10H2,1-4H3/t13-,14-,15+/m1/s1. The van der Waals surface area contributed by atoms with Crippen LogP contribution in [-0.4, -0.2) is 10.7 Å². The second-order valence-corrected chi connectivity index (χ2v) is 6.66. The van der Waals surface area contributed by atoms with Crippen LogP contribution in [-0.2, 0) is 0 Å². The Morgan fingerprint density at radius 2 is 2.00 bits per heavy atom. The van der Waals surface area contributed by atoms with Gasteiger partial charge in [0.25, 0.3) is 0 Å². The molecule has 0 radical (unpaired) electrons. The summed E-state index contributed by atoms with van der Waals surface area (Å²) < 4.78 is 0. The Bertz CT molecular complexity index is 305. The van der Waals surface area contributed by atoms with Gasteiger partial charge in [0.2, 0.25) is 0 Å². The minimum Gasteiger partial charge on any atom is -0.390 e. The fraction of sp³-hybridized carbons (Fsp3) is 0.867. The summed E-state index contributed by atoms with van der Waals surface area (Å²) >= 11 is 0. The molecule has 0 amide bonds. The smallest absolute Gasteiger partial charge is 0.0676 e. The van der Waals surface area contributed by atoms with Crippen molar-refractivity contribution < 1.29 is 5.11 Å². The van der Waals surface area contributed by atoms with E-state index >= 15 is 0 Å². The van der Waals surface area contributed by atoms with E-state index in [0.29, 0.717) is 17.3 Å². The van der Waals surface area contributed by atoms with Crippen LogP contribution in [0.25, 0.3) is 0 Å². The number of hydrogen-bond acceptors (Lipinski definition) is 1. The van der Waals surface area contributed by atoms with E-state index in [4.69, 9.17) is 0 Å². The van der Waals surface area contributed by atoms with Gasteiger partial charge in [0.15, 0.2) is 0 Å². The third-order valence-electron chi connectivity index (χ3n) is 5.33. The molecule has 92 valence electrons. The number of allylic oxidation sites excluding steroid dienone is 2. The second kappa shape index (κ2) is 3.87. The molecule has 0 spiro atoms. The SMILES string of the molecule is CC1=CCC[C@]2(C)CC[C@@](O)(C(C)C)C[C@H]12. The van der Waals surface area contributed by atoms with Crippen LogP contribution in [0, 0.1) is 17.3 Å². The van der Waals surface area contributed by atoms with Crippen molar-refractivity contribution in [1.29, 1.82) is 0 Å². The molecular formula is C15H26O. The molecule has 3 atom stereocenters. The van der Waals surface area contributed by atoms with Gasteiger partial charge >= 0.3 is 0 Å². The highest BCUT2D eigenvalue weighted by molar-refractivity contribution is 5.16. The maximum absolute atomic E-state index is 10.7. The Labute approximate surface area is 99.9 Å². The summed E-state index contributed by atoms with van der Waals surface area (Å²) in [5.41, 5.74) is 1.56. The lowest BCUT2D eigenvalue weighted by atomic mass is 9.55. The molecule has 2 aliphatic rings. The van der Waals surface area contributed by atoms with Gasteiger partial charge in [-0.1, -0.05) is 32.4 Å². The zero-order valence-corrected chi connectivity index (χ0v) is 11.2. The van der Waals surface area contributed by atoms with Crippen LogP contribution in [0.2, 0.25) is 0 Å². The van der Waals surface area contributed by atoms with Crippen molar-refractivity contribution in [2.24, 2.45) is 17.3 Å². The summed E-state index contributed by atoms with van der Waals surface area (Å²) in [4.78, 5) is 0. The lowest BCUT2D eigenvalue weighted by Crippen LogP contribution is -2.48. The number of aliphatic hydroxyl groups is 1. The number of fused-ring (bicyclic) bond motifs is 1. The third kappa shape index (κ3) is 1.84. The zero-order valence-electron chi connectivity index (χ0n) is 11.2. The largest absolute Gasteiger partial charge is 0.390 e. The number of rotatable bonds is 1. The Balaban J connectivity index is 2.24. The average molecular weight is 222 g/mol. The fourth-order valence-electron chi connectivity index (χ4n) is 3.68. The van der Waals surface area contributed by atoms with Crippen molar-refractivity contribution >= 4 is 0 Å². The molecule has 0 heterocycles. The molecule has 1 heteroatoms. The lowest BCUT2D eigenvalue weighted by molar-refractivity contribution is -0.0883. The summed E-state index contributed by atoms with van der Waals surface area (Å²) in [7, 11) is 0. The van der Waals surface area contributed by atoms with Gasteiger partial charge in [0, 0.05) is 0 Å². The van der Waals surface area contributed by atoms with Crippen molar-refractivity contribution in [1.82, 2.24) is 0 Å². The normalized spacial score (nSPS) is 44.1. The van der Waals surface area contributed by atoms with Gasteiger partial charge in [0.1, 0.15) is 0 Å². The highest BCUT2D eigenvalue weighted by Gasteiger charge is 2.48. The van der Waals surface area contributed by atoms with E-state index in [9.17, 15) is 5.11 Å². The minimum atomic E-state index is -0.420.